The van der Waals surface area contributed by atoms with Gasteiger partial charge in [0.1, 0.15) is 23.4 Å². The molecule has 1 saturated heterocycles. The van der Waals surface area contributed by atoms with Gasteiger partial charge in [-0.2, -0.15) is 0 Å². The van der Waals surface area contributed by atoms with E-state index in [1.54, 1.807) is 44.7 Å². The Hall–Kier alpha value is -5.12. The largest absolute Gasteiger partial charge is 0.507 e. The second kappa shape index (κ2) is 18.2. The zero-order chi connectivity index (χ0) is 44.5. The number of phenols is 2. The Bertz CT molecular complexity index is 2080. The monoisotopic (exact) mass is 836 g/mol. The van der Waals surface area contributed by atoms with Crippen LogP contribution in [0.1, 0.15) is 91.1 Å². The molecule has 2 unspecified atom stereocenters. The number of nitrogens with zero attached hydrogens (tertiary/aromatic N) is 1. The van der Waals surface area contributed by atoms with Gasteiger partial charge in [-0.05, 0) is 46.6 Å². The van der Waals surface area contributed by atoms with Crippen molar-refractivity contribution in [2.24, 2.45) is 23.7 Å². The van der Waals surface area contributed by atoms with Crippen molar-refractivity contribution < 1.29 is 63.3 Å². The minimum atomic E-state index is -2.02. The van der Waals surface area contributed by atoms with E-state index in [9.17, 15) is 39.6 Å². The molecule has 15 nitrogen and oxygen atoms in total. The Morgan fingerprint density at radius 3 is 2.20 bits per heavy atom. The van der Waals surface area contributed by atoms with E-state index in [1.807, 2.05) is 13.8 Å². The van der Waals surface area contributed by atoms with E-state index in [1.165, 1.54) is 59.3 Å². The predicted molar refractivity (Wildman–Crippen MR) is 223 cm³/mol. The van der Waals surface area contributed by atoms with E-state index < -0.39 is 89.6 Å². The van der Waals surface area contributed by atoms with Crippen molar-refractivity contribution in [1.29, 1.82) is 0 Å². The third-order valence-corrected chi connectivity index (χ3v) is 12.4. The number of fused-ring (bicyclic) bond motifs is 14. The number of likely N-dealkylation sites (tertiary alicyclic amines) is 1. The molecule has 4 heterocycles. The molecule has 328 valence electrons. The number of amides is 2. The summed E-state index contributed by atoms with van der Waals surface area (Å²) in [7, 11) is 1.44. The molecule has 0 radical (unpaired) electrons. The number of hydrogen-bond donors (Lipinski definition) is 5. The Kier molecular flexibility index (Phi) is 14.0. The highest BCUT2D eigenvalue weighted by Gasteiger charge is 2.50. The second-order valence-electron chi connectivity index (χ2n) is 16.8. The molecule has 0 spiro atoms. The van der Waals surface area contributed by atoms with Crippen LogP contribution in [-0.2, 0) is 28.6 Å². The van der Waals surface area contributed by atoms with Crippen LogP contribution in [0.4, 0.5) is 5.69 Å². The van der Waals surface area contributed by atoms with Crippen LogP contribution in [0, 0.1) is 30.6 Å². The lowest BCUT2D eigenvalue weighted by molar-refractivity contribution is -0.160. The number of ether oxygens (including phenoxy) is 5. The maximum absolute atomic E-state index is 14.5. The van der Waals surface area contributed by atoms with Crippen LogP contribution in [0.5, 0.6) is 23.0 Å². The maximum Gasteiger partial charge on any atom is 0.312 e. The molecule has 2 aromatic rings. The summed E-state index contributed by atoms with van der Waals surface area (Å²) in [6.07, 6.45) is 5.28. The highest BCUT2D eigenvalue weighted by atomic mass is 16.7. The quantitative estimate of drug-likeness (QED) is 0.178. The topological polar surface area (TPSA) is 211 Å². The lowest BCUT2D eigenvalue weighted by Gasteiger charge is -2.38. The van der Waals surface area contributed by atoms with Crippen molar-refractivity contribution >= 4 is 40.0 Å². The number of esters is 1. The molecule has 2 aromatic carbocycles. The fourth-order valence-electron chi connectivity index (χ4n) is 8.65. The number of nitrogens with one attached hydrogen (secondary N) is 1. The van der Waals surface area contributed by atoms with E-state index in [0.717, 1.165) is 12.8 Å². The number of hydrogen-bond acceptors (Lipinski definition) is 13. The van der Waals surface area contributed by atoms with Crippen LogP contribution in [0.2, 0.25) is 0 Å². The van der Waals surface area contributed by atoms with Crippen molar-refractivity contribution in [3.63, 3.8) is 0 Å². The number of benzene rings is 2. The van der Waals surface area contributed by atoms with E-state index >= 15 is 0 Å². The number of rotatable bonds is 5. The number of aliphatic hydroxyl groups excluding tert-OH is 2. The summed E-state index contributed by atoms with van der Waals surface area (Å²) in [5.74, 6) is -7.90. The van der Waals surface area contributed by atoms with Crippen LogP contribution >= 0.6 is 0 Å². The molecule has 4 aliphatic rings. The van der Waals surface area contributed by atoms with Crippen LogP contribution < -0.4 is 14.8 Å². The summed E-state index contributed by atoms with van der Waals surface area (Å²) in [6, 6.07) is 1.24. The lowest BCUT2D eigenvalue weighted by atomic mass is 9.78. The average Bonchev–Trinajstić information content (AvgIpc) is 3.68. The third-order valence-electron chi connectivity index (χ3n) is 12.4. The number of phenolic OH excluding ortho intramolecular Hbond substituents is 2. The van der Waals surface area contributed by atoms with Crippen LogP contribution in [-0.4, -0.2) is 105 Å². The molecule has 5 N–H and O–H groups in total. The van der Waals surface area contributed by atoms with E-state index in [4.69, 9.17) is 23.7 Å². The van der Waals surface area contributed by atoms with Gasteiger partial charge in [0.2, 0.25) is 0 Å². The van der Waals surface area contributed by atoms with Gasteiger partial charge in [-0.15, -0.1) is 0 Å². The van der Waals surface area contributed by atoms with Gasteiger partial charge in [0.15, 0.2) is 12.4 Å². The number of methoxy groups -OCH3 is 1. The first-order valence-electron chi connectivity index (χ1n) is 20.4. The normalized spacial score (nSPS) is 32.9. The minimum absolute atomic E-state index is 0.0242. The molecule has 0 aliphatic carbocycles. The summed E-state index contributed by atoms with van der Waals surface area (Å²) in [5.41, 5.74) is 0.0212. The number of allylic oxidation sites excluding steroid dienone is 2. The lowest BCUT2D eigenvalue weighted by Crippen LogP contribution is -2.46. The van der Waals surface area contributed by atoms with Crippen molar-refractivity contribution in [2.45, 2.75) is 124 Å². The molecule has 2 amide bonds. The van der Waals surface area contributed by atoms with Gasteiger partial charge in [-0.1, -0.05) is 45.9 Å². The van der Waals surface area contributed by atoms with Gasteiger partial charge in [0, 0.05) is 79.3 Å². The zero-order valence-electron chi connectivity index (χ0n) is 36.3. The summed E-state index contributed by atoms with van der Waals surface area (Å²) < 4.78 is 29.9. The van der Waals surface area contributed by atoms with Gasteiger partial charge >= 0.3 is 11.8 Å². The fourth-order valence-corrected chi connectivity index (χ4v) is 8.65. The Morgan fingerprint density at radius 1 is 0.933 bits per heavy atom. The summed E-state index contributed by atoms with van der Waals surface area (Å²) in [5, 5.41) is 48.6. The number of ketones is 1. The maximum atomic E-state index is 14.5. The Labute approximate surface area is 351 Å². The van der Waals surface area contributed by atoms with E-state index in [0.29, 0.717) is 0 Å². The molecule has 1 fully saturated rings. The highest BCUT2D eigenvalue weighted by Crippen LogP contribution is 2.54. The van der Waals surface area contributed by atoms with Crippen LogP contribution in [0.15, 0.2) is 42.2 Å². The van der Waals surface area contributed by atoms with E-state index in [-0.39, 0.29) is 62.6 Å². The molecule has 6 rings (SSSR count). The first kappa shape index (κ1) is 46.0. The molecule has 4 aliphatic heterocycles. The summed E-state index contributed by atoms with van der Waals surface area (Å²) >= 11 is 0. The molecule has 0 saturated carbocycles. The molecular formula is C45H60N2O13. The van der Waals surface area contributed by atoms with Crippen molar-refractivity contribution in [1.82, 2.24) is 4.90 Å². The fraction of sp³-hybridized carbons (Fsp3) is 0.556. The van der Waals surface area contributed by atoms with Gasteiger partial charge in [0.05, 0.1) is 41.2 Å². The van der Waals surface area contributed by atoms with Crippen LogP contribution in [0.3, 0.4) is 0 Å². The number of Topliss-reactive ketones (excluding diaryl/α,β-unsaturated/α-hetero) is 1. The number of carbonyl (C=O) groups excluding carboxylic acids is 4. The van der Waals surface area contributed by atoms with Crippen LogP contribution in [0.25, 0.3) is 10.8 Å². The standard InChI is InChI=1S/C45H60N2O13/c1-21-13-12-14-22(2)44(55)46-30-19-32(57-20-33(49)47-23(3)15-16-24(47)4)34-35(40(30)53)39(52)28(8)42-36(34)43(54)45(10,60-42)58-18-17-31(56-11)25(5)41(59-29(9)48)27(7)38(51)26(6)37(21)50/h12-14,17-19,21,23-27,31,37-38,41,50-53H,15-16,20H2,1-11H3,(H,46,55)/b13-12-,18-17?,22-14-/t21-,23?,24?,25+,26+,27+,31-,37-,38+,41+,45-/m0/s1. The number of aliphatic hydroxyl groups is 2. The van der Waals surface area contributed by atoms with Gasteiger partial charge < -0.3 is 54.3 Å². The van der Waals surface area contributed by atoms with Gasteiger partial charge in [0.25, 0.3) is 17.6 Å². The first-order valence-corrected chi connectivity index (χ1v) is 20.4. The highest BCUT2D eigenvalue weighted by molar-refractivity contribution is 6.21. The molecular weight excluding hydrogens is 776 g/mol. The van der Waals surface area contributed by atoms with Crippen molar-refractivity contribution in [3.05, 3.63) is 53.3 Å². The van der Waals surface area contributed by atoms with Gasteiger partial charge in [-0.25, -0.2) is 0 Å². The number of carbonyl (C=O) groups is 4. The Morgan fingerprint density at radius 2 is 1.58 bits per heavy atom. The number of anilines is 1. The van der Waals surface area contributed by atoms with E-state index in [2.05, 4.69) is 5.32 Å². The summed E-state index contributed by atoms with van der Waals surface area (Å²) in [6.45, 7) is 16.0. The van der Waals surface area contributed by atoms with Gasteiger partial charge in [-0.3, -0.25) is 19.2 Å². The molecule has 5 bridgehead atoms. The SMILES string of the molecule is CO[C@H]1C=CO[C@@]2(C)Oc3c(C)c(O)c4c(O)c(cc(OCC(=O)N5C(C)CCC5C)c4c3C2=O)NC(=O)/C(C)=C\C=C/[C@H](C)[C@H](O)[C@@H](C)[C@@H](O)[C@@H](C)[C@H](OC(C)=O)[C@@H]1C. The molecule has 60 heavy (non-hydrogen) atoms. The first-order chi connectivity index (χ1) is 28.1. The minimum Gasteiger partial charge on any atom is -0.507 e. The zero-order valence-corrected chi connectivity index (χ0v) is 36.3. The average molecular weight is 837 g/mol. The summed E-state index contributed by atoms with van der Waals surface area (Å²) in [4.78, 5) is 55.8. The second-order valence-corrected chi connectivity index (χ2v) is 16.8. The Balaban J connectivity index is 1.67. The molecule has 11 atom stereocenters. The van der Waals surface area contributed by atoms with Crippen molar-refractivity contribution in [2.75, 3.05) is 19.0 Å². The molecule has 0 aromatic heterocycles. The molecule has 15 heteroatoms. The van der Waals surface area contributed by atoms with Crippen molar-refractivity contribution in [3.8, 4) is 23.0 Å². The number of aromatic hydroxyl groups is 2. The predicted octanol–water partition coefficient (Wildman–Crippen LogP) is 5.83. The third kappa shape index (κ3) is 8.84. The smallest absolute Gasteiger partial charge is 0.312 e.